The second kappa shape index (κ2) is 8.84. The molecule has 0 saturated heterocycles. The molecule has 24 heavy (non-hydrogen) atoms. The van der Waals surface area contributed by atoms with Gasteiger partial charge in [-0.05, 0) is 29.7 Å². The second-order valence-corrected chi connectivity index (χ2v) is 5.56. The van der Waals surface area contributed by atoms with Crippen molar-refractivity contribution in [1.29, 1.82) is 0 Å². The van der Waals surface area contributed by atoms with Gasteiger partial charge in [0, 0.05) is 12.2 Å². The van der Waals surface area contributed by atoms with E-state index in [4.69, 9.17) is 0 Å². The molecule has 1 atom stereocenters. The summed E-state index contributed by atoms with van der Waals surface area (Å²) in [6.45, 7) is 2.46. The number of carbonyl (C=O) groups is 2. The number of carboxylic acid groups (broad SMARTS) is 1. The standard InChI is InChI=1S/C19H22N2O3/c1-2-14-8-10-16(11-9-14)21-18(22)12-17(19(23)24)20-13-15-6-4-3-5-7-15/h3-11,17,20H,2,12-13H2,1H3,(H,21,22)(H,23,24)/t17-/m1/s1. The van der Waals surface area contributed by atoms with Crippen LogP contribution in [0.4, 0.5) is 5.69 Å². The van der Waals surface area contributed by atoms with Crippen molar-refractivity contribution in [3.63, 3.8) is 0 Å². The first-order valence-electron chi connectivity index (χ1n) is 7.97. The van der Waals surface area contributed by atoms with Crippen molar-refractivity contribution < 1.29 is 14.7 Å². The Bertz CT molecular complexity index is 669. The maximum Gasteiger partial charge on any atom is 0.321 e. The minimum Gasteiger partial charge on any atom is -0.480 e. The lowest BCUT2D eigenvalue weighted by molar-refractivity contribution is -0.141. The van der Waals surface area contributed by atoms with Gasteiger partial charge in [-0.25, -0.2) is 0 Å². The zero-order chi connectivity index (χ0) is 17.4. The number of nitrogens with one attached hydrogen (secondary N) is 2. The number of rotatable bonds is 8. The fourth-order valence-corrected chi connectivity index (χ4v) is 2.30. The van der Waals surface area contributed by atoms with E-state index in [1.165, 1.54) is 5.56 Å². The minimum absolute atomic E-state index is 0.127. The molecule has 0 aliphatic rings. The molecule has 0 fully saturated rings. The van der Waals surface area contributed by atoms with Crippen LogP contribution in [0.25, 0.3) is 0 Å². The summed E-state index contributed by atoms with van der Waals surface area (Å²) < 4.78 is 0. The molecule has 2 aromatic rings. The van der Waals surface area contributed by atoms with Crippen molar-refractivity contribution in [3.05, 3.63) is 65.7 Å². The predicted octanol–water partition coefficient (Wildman–Crippen LogP) is 2.82. The number of aryl methyl sites for hydroxylation is 1. The summed E-state index contributed by atoms with van der Waals surface area (Å²) >= 11 is 0. The highest BCUT2D eigenvalue weighted by atomic mass is 16.4. The van der Waals surface area contributed by atoms with E-state index in [1.54, 1.807) is 0 Å². The average molecular weight is 326 g/mol. The van der Waals surface area contributed by atoms with E-state index in [0.29, 0.717) is 12.2 Å². The Morgan fingerprint density at radius 3 is 2.25 bits per heavy atom. The van der Waals surface area contributed by atoms with Gasteiger partial charge in [0.1, 0.15) is 6.04 Å². The fraction of sp³-hybridized carbons (Fsp3) is 0.263. The van der Waals surface area contributed by atoms with E-state index in [9.17, 15) is 14.7 Å². The van der Waals surface area contributed by atoms with Gasteiger partial charge in [-0.3, -0.25) is 14.9 Å². The van der Waals surface area contributed by atoms with Gasteiger partial charge in [-0.1, -0.05) is 49.4 Å². The fourth-order valence-electron chi connectivity index (χ4n) is 2.30. The highest BCUT2D eigenvalue weighted by molar-refractivity contribution is 5.94. The molecule has 0 radical (unpaired) electrons. The SMILES string of the molecule is CCc1ccc(NC(=O)C[C@@H](NCc2ccccc2)C(=O)O)cc1. The maximum atomic E-state index is 12.1. The normalized spacial score (nSPS) is 11.7. The summed E-state index contributed by atoms with van der Waals surface area (Å²) in [7, 11) is 0. The van der Waals surface area contributed by atoms with Crippen LogP contribution in [0.5, 0.6) is 0 Å². The maximum absolute atomic E-state index is 12.1. The first kappa shape index (κ1) is 17.7. The number of amides is 1. The molecule has 0 spiro atoms. The van der Waals surface area contributed by atoms with Crippen molar-refractivity contribution in [1.82, 2.24) is 5.32 Å². The van der Waals surface area contributed by atoms with E-state index >= 15 is 0 Å². The van der Waals surface area contributed by atoms with E-state index in [0.717, 1.165) is 12.0 Å². The average Bonchev–Trinajstić information content (AvgIpc) is 2.60. The van der Waals surface area contributed by atoms with Gasteiger partial charge in [-0.2, -0.15) is 0 Å². The number of aliphatic carboxylic acids is 1. The molecule has 3 N–H and O–H groups in total. The number of carbonyl (C=O) groups excluding carboxylic acids is 1. The molecule has 0 aromatic heterocycles. The van der Waals surface area contributed by atoms with Gasteiger partial charge in [0.05, 0.1) is 6.42 Å². The molecule has 0 aliphatic heterocycles. The van der Waals surface area contributed by atoms with Crippen LogP contribution in [0.3, 0.4) is 0 Å². The Balaban J connectivity index is 1.89. The highest BCUT2D eigenvalue weighted by Crippen LogP contribution is 2.11. The zero-order valence-electron chi connectivity index (χ0n) is 13.7. The van der Waals surface area contributed by atoms with E-state index in [1.807, 2.05) is 54.6 Å². The van der Waals surface area contributed by atoms with Crippen LogP contribution in [0.15, 0.2) is 54.6 Å². The third-order valence-corrected chi connectivity index (χ3v) is 3.73. The van der Waals surface area contributed by atoms with Gasteiger partial charge < -0.3 is 10.4 Å². The lowest BCUT2D eigenvalue weighted by atomic mass is 10.1. The first-order valence-corrected chi connectivity index (χ1v) is 7.97. The van der Waals surface area contributed by atoms with E-state index < -0.39 is 12.0 Å². The van der Waals surface area contributed by atoms with E-state index in [2.05, 4.69) is 17.6 Å². The minimum atomic E-state index is -1.04. The zero-order valence-corrected chi connectivity index (χ0v) is 13.7. The third kappa shape index (κ3) is 5.52. The lowest BCUT2D eigenvalue weighted by Gasteiger charge is -2.14. The molecule has 2 rings (SSSR count). The van der Waals surface area contributed by atoms with E-state index in [-0.39, 0.29) is 12.3 Å². The van der Waals surface area contributed by atoms with Crippen molar-refractivity contribution in [2.75, 3.05) is 5.32 Å². The molecule has 0 aliphatic carbocycles. The van der Waals surface area contributed by atoms with Crippen LogP contribution >= 0.6 is 0 Å². The molecule has 5 heteroatoms. The summed E-state index contributed by atoms with van der Waals surface area (Å²) in [4.78, 5) is 23.4. The molecule has 2 aromatic carbocycles. The molecule has 0 unspecified atom stereocenters. The second-order valence-electron chi connectivity index (χ2n) is 5.56. The monoisotopic (exact) mass is 326 g/mol. The quantitative estimate of drug-likeness (QED) is 0.697. The summed E-state index contributed by atoms with van der Waals surface area (Å²) in [6.07, 6.45) is 0.802. The van der Waals surface area contributed by atoms with Crippen LogP contribution in [0, 0.1) is 0 Å². The summed E-state index contributed by atoms with van der Waals surface area (Å²) in [5, 5.41) is 14.9. The molecule has 0 bridgehead atoms. The van der Waals surface area contributed by atoms with Gasteiger partial charge in [0.15, 0.2) is 0 Å². The third-order valence-electron chi connectivity index (χ3n) is 3.73. The summed E-state index contributed by atoms with van der Waals surface area (Å²) in [6, 6.07) is 16.1. The summed E-state index contributed by atoms with van der Waals surface area (Å²) in [5.74, 6) is -1.37. The molecule has 0 heterocycles. The predicted molar refractivity (Wildman–Crippen MR) is 93.8 cm³/mol. The van der Waals surface area contributed by atoms with Crippen LogP contribution in [-0.4, -0.2) is 23.0 Å². The Hall–Kier alpha value is -2.66. The smallest absolute Gasteiger partial charge is 0.321 e. The van der Waals surface area contributed by atoms with Gasteiger partial charge in [0.25, 0.3) is 0 Å². The Morgan fingerprint density at radius 1 is 1.00 bits per heavy atom. The largest absolute Gasteiger partial charge is 0.480 e. The van der Waals surface area contributed by atoms with Crippen LogP contribution in [-0.2, 0) is 22.6 Å². The Kier molecular flexibility index (Phi) is 6.51. The van der Waals surface area contributed by atoms with Crippen molar-refractivity contribution in [2.45, 2.75) is 32.4 Å². The first-order chi connectivity index (χ1) is 11.6. The molecule has 5 nitrogen and oxygen atoms in total. The number of hydrogen-bond donors (Lipinski definition) is 3. The lowest BCUT2D eigenvalue weighted by Crippen LogP contribution is -2.39. The molecule has 0 saturated carbocycles. The van der Waals surface area contributed by atoms with Crippen LogP contribution in [0.1, 0.15) is 24.5 Å². The Labute approximate surface area is 141 Å². The van der Waals surface area contributed by atoms with Crippen molar-refractivity contribution >= 4 is 17.6 Å². The van der Waals surface area contributed by atoms with Crippen LogP contribution < -0.4 is 10.6 Å². The Morgan fingerprint density at radius 2 is 1.67 bits per heavy atom. The molecular weight excluding hydrogens is 304 g/mol. The highest BCUT2D eigenvalue weighted by Gasteiger charge is 2.20. The van der Waals surface area contributed by atoms with Gasteiger partial charge >= 0.3 is 5.97 Å². The number of hydrogen-bond acceptors (Lipinski definition) is 3. The number of benzene rings is 2. The molecule has 126 valence electrons. The number of anilines is 1. The van der Waals surface area contributed by atoms with Gasteiger partial charge in [-0.15, -0.1) is 0 Å². The van der Waals surface area contributed by atoms with Crippen molar-refractivity contribution in [2.24, 2.45) is 0 Å². The van der Waals surface area contributed by atoms with Crippen molar-refractivity contribution in [3.8, 4) is 0 Å². The van der Waals surface area contributed by atoms with Crippen LogP contribution in [0.2, 0.25) is 0 Å². The topological polar surface area (TPSA) is 78.4 Å². The molecular formula is C19H22N2O3. The summed E-state index contributed by atoms with van der Waals surface area (Å²) in [5.41, 5.74) is 2.82. The van der Waals surface area contributed by atoms with Gasteiger partial charge in [0.2, 0.25) is 5.91 Å². The molecule has 1 amide bonds. The number of carboxylic acids is 1.